The van der Waals surface area contributed by atoms with Crippen LogP contribution in [0, 0.1) is 0 Å². The number of esters is 1. The average Bonchev–Trinajstić information content (AvgIpc) is 2.97. The third-order valence-corrected chi connectivity index (χ3v) is 2.13. The standard InChI is InChI=1S/C9H16N2O3/c1-11(6-5-8(12)14-2)9(13)10-7-3-4-7/h7H,3-6H2,1-2H3,(H,10,13). The zero-order valence-corrected chi connectivity index (χ0v) is 8.58. The molecule has 0 aliphatic heterocycles. The van der Waals surface area contributed by atoms with Gasteiger partial charge in [0, 0.05) is 19.6 Å². The number of carbonyl (C=O) groups is 2. The molecule has 1 rings (SSSR count). The molecule has 0 bridgehead atoms. The minimum atomic E-state index is -0.295. The molecule has 1 N–H and O–H groups in total. The molecule has 1 aliphatic carbocycles. The Morgan fingerprint density at radius 1 is 1.50 bits per heavy atom. The van der Waals surface area contributed by atoms with Gasteiger partial charge in [-0.25, -0.2) is 4.79 Å². The van der Waals surface area contributed by atoms with Crippen LogP contribution in [0.2, 0.25) is 0 Å². The van der Waals surface area contributed by atoms with Crippen molar-refractivity contribution >= 4 is 12.0 Å². The number of nitrogens with one attached hydrogen (secondary N) is 1. The molecule has 2 amide bonds. The Kier molecular flexibility index (Phi) is 3.73. The number of rotatable bonds is 4. The van der Waals surface area contributed by atoms with Crippen molar-refractivity contribution < 1.29 is 14.3 Å². The van der Waals surface area contributed by atoms with E-state index < -0.39 is 0 Å². The van der Waals surface area contributed by atoms with Crippen LogP contribution in [0.4, 0.5) is 4.79 Å². The summed E-state index contributed by atoms with van der Waals surface area (Å²) in [6, 6.07) is 0.236. The van der Waals surface area contributed by atoms with E-state index in [9.17, 15) is 9.59 Å². The molecule has 0 radical (unpaired) electrons. The van der Waals surface area contributed by atoms with Gasteiger partial charge in [0.2, 0.25) is 0 Å². The van der Waals surface area contributed by atoms with Crippen molar-refractivity contribution in [3.63, 3.8) is 0 Å². The molecule has 5 nitrogen and oxygen atoms in total. The maximum atomic E-state index is 11.4. The second-order valence-corrected chi connectivity index (χ2v) is 3.47. The minimum absolute atomic E-state index is 0.114. The lowest BCUT2D eigenvalue weighted by Gasteiger charge is -2.16. The molecule has 0 atom stereocenters. The first-order valence-corrected chi connectivity index (χ1v) is 4.72. The van der Waals surface area contributed by atoms with Gasteiger partial charge in [-0.2, -0.15) is 0 Å². The Balaban J connectivity index is 2.15. The maximum Gasteiger partial charge on any atom is 0.317 e. The van der Waals surface area contributed by atoms with Crippen LogP contribution in [0.15, 0.2) is 0 Å². The fourth-order valence-electron chi connectivity index (χ4n) is 0.975. The van der Waals surface area contributed by atoms with Crippen LogP contribution < -0.4 is 5.32 Å². The van der Waals surface area contributed by atoms with E-state index in [-0.39, 0.29) is 18.4 Å². The molecule has 0 aromatic heterocycles. The molecular weight excluding hydrogens is 184 g/mol. The van der Waals surface area contributed by atoms with Crippen molar-refractivity contribution in [3.05, 3.63) is 0 Å². The first-order valence-electron chi connectivity index (χ1n) is 4.72. The van der Waals surface area contributed by atoms with Crippen LogP contribution in [-0.4, -0.2) is 43.6 Å². The zero-order valence-electron chi connectivity index (χ0n) is 8.58. The van der Waals surface area contributed by atoms with E-state index in [1.54, 1.807) is 7.05 Å². The summed E-state index contributed by atoms with van der Waals surface area (Å²) in [6.07, 6.45) is 2.37. The lowest BCUT2D eigenvalue weighted by atomic mass is 10.4. The van der Waals surface area contributed by atoms with E-state index in [1.165, 1.54) is 12.0 Å². The highest BCUT2D eigenvalue weighted by atomic mass is 16.5. The number of hydrogen-bond donors (Lipinski definition) is 1. The quantitative estimate of drug-likeness (QED) is 0.666. The second-order valence-electron chi connectivity index (χ2n) is 3.47. The molecule has 0 aromatic carbocycles. The molecule has 14 heavy (non-hydrogen) atoms. The van der Waals surface area contributed by atoms with E-state index >= 15 is 0 Å². The average molecular weight is 200 g/mol. The molecule has 80 valence electrons. The molecule has 0 aromatic rings. The van der Waals surface area contributed by atoms with E-state index in [0.717, 1.165) is 12.8 Å². The smallest absolute Gasteiger partial charge is 0.317 e. The Morgan fingerprint density at radius 3 is 2.64 bits per heavy atom. The number of carbonyl (C=O) groups excluding carboxylic acids is 2. The van der Waals surface area contributed by atoms with Crippen LogP contribution in [-0.2, 0) is 9.53 Å². The Bertz CT molecular complexity index is 226. The topological polar surface area (TPSA) is 58.6 Å². The molecule has 5 heteroatoms. The summed E-state index contributed by atoms with van der Waals surface area (Å²) in [5.41, 5.74) is 0. The summed E-state index contributed by atoms with van der Waals surface area (Å²) in [6.45, 7) is 0.394. The monoisotopic (exact) mass is 200 g/mol. The largest absolute Gasteiger partial charge is 0.469 e. The third kappa shape index (κ3) is 3.64. The van der Waals surface area contributed by atoms with Crippen molar-refractivity contribution in [1.29, 1.82) is 0 Å². The number of methoxy groups -OCH3 is 1. The Morgan fingerprint density at radius 2 is 2.14 bits per heavy atom. The van der Waals surface area contributed by atoms with Crippen LogP contribution in [0.3, 0.4) is 0 Å². The van der Waals surface area contributed by atoms with Gasteiger partial charge in [0.05, 0.1) is 13.5 Å². The second kappa shape index (κ2) is 4.83. The van der Waals surface area contributed by atoms with Gasteiger partial charge in [-0.15, -0.1) is 0 Å². The Hall–Kier alpha value is -1.26. The molecule has 1 saturated carbocycles. The molecule has 1 aliphatic rings. The predicted octanol–water partition coefficient (Wildman–Crippen LogP) is 0.353. The molecular formula is C9H16N2O3. The molecule has 0 spiro atoms. The Labute approximate surface area is 83.4 Å². The van der Waals surface area contributed by atoms with Crippen LogP contribution in [0.1, 0.15) is 19.3 Å². The van der Waals surface area contributed by atoms with Crippen molar-refractivity contribution in [2.75, 3.05) is 20.7 Å². The van der Waals surface area contributed by atoms with Gasteiger partial charge in [-0.3, -0.25) is 4.79 Å². The van der Waals surface area contributed by atoms with Gasteiger partial charge >= 0.3 is 12.0 Å². The zero-order chi connectivity index (χ0) is 10.6. The van der Waals surface area contributed by atoms with Gasteiger partial charge < -0.3 is 15.0 Å². The SMILES string of the molecule is COC(=O)CCN(C)C(=O)NC1CC1. The first kappa shape index (κ1) is 10.8. The van der Waals surface area contributed by atoms with Crippen molar-refractivity contribution in [2.24, 2.45) is 0 Å². The highest BCUT2D eigenvalue weighted by Gasteiger charge is 2.24. The summed E-state index contributed by atoms with van der Waals surface area (Å²) in [5.74, 6) is -0.295. The summed E-state index contributed by atoms with van der Waals surface area (Å²) < 4.78 is 4.48. The van der Waals surface area contributed by atoms with E-state index in [2.05, 4.69) is 10.1 Å². The first-order chi connectivity index (χ1) is 6.63. The third-order valence-electron chi connectivity index (χ3n) is 2.13. The number of hydrogen-bond acceptors (Lipinski definition) is 3. The summed E-state index contributed by atoms with van der Waals surface area (Å²) >= 11 is 0. The fourth-order valence-corrected chi connectivity index (χ4v) is 0.975. The van der Waals surface area contributed by atoms with Gasteiger partial charge in [0.25, 0.3) is 0 Å². The van der Waals surface area contributed by atoms with E-state index in [0.29, 0.717) is 12.6 Å². The lowest BCUT2D eigenvalue weighted by Crippen LogP contribution is -2.39. The van der Waals surface area contributed by atoms with Crippen molar-refractivity contribution in [1.82, 2.24) is 10.2 Å². The maximum absolute atomic E-state index is 11.4. The normalized spacial score (nSPS) is 14.7. The van der Waals surface area contributed by atoms with Crippen LogP contribution >= 0.6 is 0 Å². The van der Waals surface area contributed by atoms with Gasteiger partial charge in [0.15, 0.2) is 0 Å². The molecule has 1 fully saturated rings. The molecule has 0 saturated heterocycles. The van der Waals surface area contributed by atoms with E-state index in [4.69, 9.17) is 0 Å². The summed E-state index contributed by atoms with van der Waals surface area (Å²) in [4.78, 5) is 23.6. The van der Waals surface area contributed by atoms with Gasteiger partial charge in [0.1, 0.15) is 0 Å². The minimum Gasteiger partial charge on any atom is -0.469 e. The number of urea groups is 1. The number of amides is 2. The van der Waals surface area contributed by atoms with Crippen molar-refractivity contribution in [3.8, 4) is 0 Å². The fraction of sp³-hybridized carbons (Fsp3) is 0.778. The summed E-state index contributed by atoms with van der Waals surface area (Å²) in [5, 5.41) is 2.83. The molecule has 0 unspecified atom stereocenters. The number of ether oxygens (including phenoxy) is 1. The van der Waals surface area contributed by atoms with Gasteiger partial charge in [-0.05, 0) is 12.8 Å². The predicted molar refractivity (Wildman–Crippen MR) is 50.8 cm³/mol. The van der Waals surface area contributed by atoms with Crippen LogP contribution in [0.25, 0.3) is 0 Å². The van der Waals surface area contributed by atoms with Gasteiger partial charge in [-0.1, -0.05) is 0 Å². The summed E-state index contributed by atoms with van der Waals surface area (Å²) in [7, 11) is 3.01. The van der Waals surface area contributed by atoms with Crippen LogP contribution in [0.5, 0.6) is 0 Å². The molecule has 0 heterocycles. The highest BCUT2D eigenvalue weighted by Crippen LogP contribution is 2.18. The van der Waals surface area contributed by atoms with E-state index in [1.807, 2.05) is 0 Å². The lowest BCUT2D eigenvalue weighted by molar-refractivity contribution is -0.140. The number of nitrogens with zero attached hydrogens (tertiary/aromatic N) is 1. The van der Waals surface area contributed by atoms with Crippen molar-refractivity contribution in [2.45, 2.75) is 25.3 Å². The highest BCUT2D eigenvalue weighted by molar-refractivity contribution is 5.75.